The van der Waals surface area contributed by atoms with Gasteiger partial charge in [0.1, 0.15) is 0 Å². The van der Waals surface area contributed by atoms with Crippen molar-refractivity contribution in [3.8, 4) is 0 Å². The molecule has 0 aromatic carbocycles. The maximum Gasteiger partial charge on any atom is 0.224 e. The monoisotopic (exact) mass is 240 g/mol. The van der Waals surface area contributed by atoms with Crippen LogP contribution in [0.1, 0.15) is 46.0 Å². The lowest BCUT2D eigenvalue weighted by molar-refractivity contribution is -0.135. The average molecular weight is 240 g/mol. The van der Waals surface area contributed by atoms with Crippen molar-refractivity contribution in [3.63, 3.8) is 0 Å². The van der Waals surface area contributed by atoms with E-state index in [2.05, 4.69) is 12.2 Å². The van der Waals surface area contributed by atoms with Crippen LogP contribution in [0.3, 0.4) is 0 Å². The highest BCUT2D eigenvalue weighted by atomic mass is 16.2. The number of carbonyl (C=O) groups is 2. The van der Waals surface area contributed by atoms with Gasteiger partial charge in [-0.05, 0) is 26.2 Å². The van der Waals surface area contributed by atoms with Gasteiger partial charge < -0.3 is 10.2 Å². The Hall–Kier alpha value is -1.06. The van der Waals surface area contributed by atoms with Crippen LogP contribution in [0.5, 0.6) is 0 Å². The second-order valence-electron chi connectivity index (χ2n) is 4.68. The van der Waals surface area contributed by atoms with Gasteiger partial charge in [-0.2, -0.15) is 0 Å². The fraction of sp³-hybridized carbons (Fsp3) is 0.846. The molecule has 0 aromatic heterocycles. The van der Waals surface area contributed by atoms with Crippen molar-refractivity contribution in [1.29, 1.82) is 0 Å². The van der Waals surface area contributed by atoms with E-state index < -0.39 is 0 Å². The molecule has 0 aromatic rings. The normalized spacial score (nSPS) is 20.1. The minimum Gasteiger partial charge on any atom is -0.356 e. The summed E-state index contributed by atoms with van der Waals surface area (Å²) in [5.41, 5.74) is 0. The lowest BCUT2D eigenvalue weighted by atomic mass is 9.96. The predicted molar refractivity (Wildman–Crippen MR) is 67.5 cm³/mol. The smallest absolute Gasteiger partial charge is 0.224 e. The third-order valence-electron chi connectivity index (χ3n) is 3.24. The molecule has 1 fully saturated rings. The molecule has 4 nitrogen and oxygen atoms in total. The van der Waals surface area contributed by atoms with Gasteiger partial charge in [0.25, 0.3) is 0 Å². The van der Waals surface area contributed by atoms with Crippen molar-refractivity contribution in [1.82, 2.24) is 10.2 Å². The van der Waals surface area contributed by atoms with Crippen LogP contribution in [0.25, 0.3) is 0 Å². The van der Waals surface area contributed by atoms with Crippen LogP contribution in [0.2, 0.25) is 0 Å². The summed E-state index contributed by atoms with van der Waals surface area (Å²) in [5, 5.41) is 2.84. The Kier molecular flexibility index (Phi) is 6.01. The molecule has 17 heavy (non-hydrogen) atoms. The maximum absolute atomic E-state index is 11.9. The number of piperidine rings is 1. The zero-order valence-corrected chi connectivity index (χ0v) is 11.0. The van der Waals surface area contributed by atoms with Crippen LogP contribution in [-0.4, -0.2) is 36.3 Å². The summed E-state index contributed by atoms with van der Waals surface area (Å²) in [6.45, 7) is 6.10. The Morgan fingerprint density at radius 2 is 2.12 bits per heavy atom. The number of carbonyl (C=O) groups excluding carboxylic acids is 2. The Bertz CT molecular complexity index is 266. The largest absolute Gasteiger partial charge is 0.356 e. The molecule has 0 spiro atoms. The zero-order chi connectivity index (χ0) is 12.7. The molecule has 98 valence electrons. The van der Waals surface area contributed by atoms with E-state index in [1.807, 2.05) is 11.8 Å². The van der Waals surface area contributed by atoms with E-state index in [0.29, 0.717) is 19.5 Å². The molecule has 1 heterocycles. The quantitative estimate of drug-likeness (QED) is 0.792. The second-order valence-corrected chi connectivity index (χ2v) is 4.68. The first-order valence-corrected chi connectivity index (χ1v) is 6.74. The van der Waals surface area contributed by atoms with Crippen LogP contribution in [-0.2, 0) is 9.59 Å². The van der Waals surface area contributed by atoms with Crippen LogP contribution in [0.4, 0.5) is 0 Å². The van der Waals surface area contributed by atoms with Crippen molar-refractivity contribution < 1.29 is 9.59 Å². The first-order chi connectivity index (χ1) is 8.19. The van der Waals surface area contributed by atoms with E-state index in [4.69, 9.17) is 0 Å². The first-order valence-electron chi connectivity index (χ1n) is 6.74. The van der Waals surface area contributed by atoms with E-state index >= 15 is 0 Å². The topological polar surface area (TPSA) is 49.4 Å². The molecule has 0 aliphatic carbocycles. The Morgan fingerprint density at radius 3 is 2.76 bits per heavy atom. The Balaban J connectivity index is 2.42. The molecule has 1 rings (SSSR count). The van der Waals surface area contributed by atoms with E-state index in [0.717, 1.165) is 32.2 Å². The van der Waals surface area contributed by atoms with Gasteiger partial charge in [0.2, 0.25) is 11.8 Å². The molecule has 1 aliphatic rings. The van der Waals surface area contributed by atoms with Gasteiger partial charge in [0.05, 0.1) is 5.92 Å². The summed E-state index contributed by atoms with van der Waals surface area (Å²) in [5.74, 6) is 0.301. The van der Waals surface area contributed by atoms with Crippen LogP contribution < -0.4 is 5.32 Å². The first kappa shape index (κ1) is 14.0. The number of hydrogen-bond donors (Lipinski definition) is 1. The van der Waals surface area contributed by atoms with Crippen LogP contribution >= 0.6 is 0 Å². The number of amides is 2. The van der Waals surface area contributed by atoms with Crippen LogP contribution in [0, 0.1) is 5.92 Å². The van der Waals surface area contributed by atoms with Gasteiger partial charge in [-0.15, -0.1) is 0 Å². The number of likely N-dealkylation sites (tertiary alicyclic amines) is 1. The molecule has 1 aliphatic heterocycles. The van der Waals surface area contributed by atoms with E-state index in [9.17, 15) is 9.59 Å². The molecule has 2 amide bonds. The number of rotatable bonds is 5. The number of unbranched alkanes of at least 4 members (excludes halogenated alkanes) is 1. The fourth-order valence-electron chi connectivity index (χ4n) is 2.22. The SMILES string of the molecule is CCCCC(=O)N1CCCC(C(=O)NCC)C1. The minimum atomic E-state index is -0.00530. The number of nitrogens with zero attached hydrogens (tertiary/aromatic N) is 1. The highest BCUT2D eigenvalue weighted by molar-refractivity contribution is 5.81. The van der Waals surface area contributed by atoms with Gasteiger partial charge in [-0.3, -0.25) is 9.59 Å². The standard InChI is InChI=1S/C13H24N2O2/c1-3-5-8-12(16)15-9-6-7-11(10-15)13(17)14-4-2/h11H,3-10H2,1-2H3,(H,14,17). The van der Waals surface area contributed by atoms with Gasteiger partial charge in [0, 0.05) is 26.1 Å². The molecule has 0 saturated carbocycles. The molecule has 1 atom stereocenters. The fourth-order valence-corrected chi connectivity index (χ4v) is 2.22. The third kappa shape index (κ3) is 4.36. The third-order valence-corrected chi connectivity index (χ3v) is 3.24. The van der Waals surface area contributed by atoms with Crippen molar-refractivity contribution in [2.45, 2.75) is 46.0 Å². The highest BCUT2D eigenvalue weighted by Gasteiger charge is 2.27. The van der Waals surface area contributed by atoms with E-state index in [-0.39, 0.29) is 17.7 Å². The van der Waals surface area contributed by atoms with Gasteiger partial charge in [-0.25, -0.2) is 0 Å². The van der Waals surface area contributed by atoms with Gasteiger partial charge >= 0.3 is 0 Å². The molecule has 0 bridgehead atoms. The molecular weight excluding hydrogens is 216 g/mol. The van der Waals surface area contributed by atoms with Gasteiger partial charge in [-0.1, -0.05) is 13.3 Å². The summed E-state index contributed by atoms with van der Waals surface area (Å²) >= 11 is 0. The average Bonchev–Trinajstić information content (AvgIpc) is 2.36. The summed E-state index contributed by atoms with van der Waals surface area (Å²) in [6.07, 6.45) is 4.46. The van der Waals surface area contributed by atoms with Gasteiger partial charge in [0.15, 0.2) is 0 Å². The molecule has 1 unspecified atom stereocenters. The van der Waals surface area contributed by atoms with E-state index in [1.54, 1.807) is 0 Å². The molecule has 1 saturated heterocycles. The molecule has 0 radical (unpaired) electrons. The molecular formula is C13H24N2O2. The van der Waals surface area contributed by atoms with E-state index in [1.165, 1.54) is 0 Å². The molecule has 1 N–H and O–H groups in total. The number of hydrogen-bond acceptors (Lipinski definition) is 2. The number of nitrogens with one attached hydrogen (secondary N) is 1. The minimum absolute atomic E-state index is 0.00530. The van der Waals surface area contributed by atoms with Crippen LogP contribution in [0.15, 0.2) is 0 Å². The zero-order valence-electron chi connectivity index (χ0n) is 11.0. The maximum atomic E-state index is 11.9. The Labute approximate surface area is 104 Å². The summed E-state index contributed by atoms with van der Waals surface area (Å²) in [4.78, 5) is 25.5. The van der Waals surface area contributed by atoms with Crippen molar-refractivity contribution in [2.24, 2.45) is 5.92 Å². The lowest BCUT2D eigenvalue weighted by Crippen LogP contribution is -2.45. The summed E-state index contributed by atoms with van der Waals surface area (Å²) in [7, 11) is 0. The highest BCUT2D eigenvalue weighted by Crippen LogP contribution is 2.17. The second kappa shape index (κ2) is 7.30. The Morgan fingerprint density at radius 1 is 1.35 bits per heavy atom. The summed E-state index contributed by atoms with van der Waals surface area (Å²) in [6, 6.07) is 0. The predicted octanol–water partition coefficient (Wildman–Crippen LogP) is 1.55. The van der Waals surface area contributed by atoms with Crippen molar-refractivity contribution >= 4 is 11.8 Å². The lowest BCUT2D eigenvalue weighted by Gasteiger charge is -2.32. The van der Waals surface area contributed by atoms with Crippen molar-refractivity contribution in [3.05, 3.63) is 0 Å². The molecule has 4 heteroatoms. The summed E-state index contributed by atoms with van der Waals surface area (Å²) < 4.78 is 0. The van der Waals surface area contributed by atoms with Crippen molar-refractivity contribution in [2.75, 3.05) is 19.6 Å².